The molecule has 0 aliphatic rings. The molecule has 82 valence electrons. The van der Waals surface area contributed by atoms with Gasteiger partial charge in [0.1, 0.15) is 0 Å². The van der Waals surface area contributed by atoms with Crippen molar-refractivity contribution >= 4 is 5.78 Å². The molecule has 0 saturated carbocycles. The second kappa shape index (κ2) is 5.03. The van der Waals surface area contributed by atoms with Gasteiger partial charge in [-0.15, -0.1) is 0 Å². The van der Waals surface area contributed by atoms with E-state index in [1.54, 1.807) is 12.4 Å². The Morgan fingerprint density at radius 2 is 2.00 bits per heavy atom. The van der Waals surface area contributed by atoms with E-state index in [1.165, 1.54) is 0 Å². The maximum atomic E-state index is 11.9. The molecule has 1 N–H and O–H groups in total. The molecule has 0 atom stereocenters. The lowest BCUT2D eigenvalue weighted by Gasteiger charge is -2.24. The number of rotatable bonds is 5. The second-order valence-corrected chi connectivity index (χ2v) is 4.11. The Labute approximate surface area is 90.9 Å². The molecule has 1 heterocycles. The number of carbonyl (C=O) groups is 1. The van der Waals surface area contributed by atoms with Gasteiger partial charge in [-0.25, -0.2) is 0 Å². The van der Waals surface area contributed by atoms with Crippen LogP contribution in [0.2, 0.25) is 0 Å². The summed E-state index contributed by atoms with van der Waals surface area (Å²) < 4.78 is 0. The van der Waals surface area contributed by atoms with Gasteiger partial charge in [0.15, 0.2) is 5.78 Å². The Balaban J connectivity index is 2.63. The summed E-state index contributed by atoms with van der Waals surface area (Å²) in [7, 11) is 0. The van der Waals surface area contributed by atoms with E-state index in [-0.39, 0.29) is 5.78 Å². The number of hydrogen-bond donors (Lipinski definition) is 1. The van der Waals surface area contributed by atoms with Gasteiger partial charge in [0.05, 0.1) is 5.54 Å². The van der Waals surface area contributed by atoms with Gasteiger partial charge < -0.3 is 5.32 Å². The summed E-state index contributed by atoms with van der Waals surface area (Å²) >= 11 is 0. The molecule has 15 heavy (non-hydrogen) atoms. The van der Waals surface area contributed by atoms with Gasteiger partial charge >= 0.3 is 0 Å². The van der Waals surface area contributed by atoms with Gasteiger partial charge in [-0.2, -0.15) is 0 Å². The van der Waals surface area contributed by atoms with E-state index in [9.17, 15) is 4.79 Å². The molecule has 0 unspecified atom stereocenters. The molecular formula is C12H18N2O. The number of Topliss-reactive ketones (excluding diaryl/α,β-unsaturated/α-hetero) is 1. The number of pyridine rings is 1. The van der Waals surface area contributed by atoms with Crippen molar-refractivity contribution in [3.8, 4) is 0 Å². The smallest absolute Gasteiger partial charge is 0.156 e. The van der Waals surface area contributed by atoms with Crippen LogP contribution in [-0.2, 0) is 11.2 Å². The highest BCUT2D eigenvalue weighted by atomic mass is 16.1. The molecule has 0 spiro atoms. The molecule has 0 bridgehead atoms. The molecule has 0 saturated heterocycles. The first-order chi connectivity index (χ1) is 7.06. The predicted molar refractivity (Wildman–Crippen MR) is 60.7 cm³/mol. The largest absolute Gasteiger partial charge is 0.306 e. The molecule has 3 heteroatoms. The molecule has 0 aromatic carbocycles. The maximum absolute atomic E-state index is 11.9. The van der Waals surface area contributed by atoms with Gasteiger partial charge in [-0.1, -0.05) is 6.92 Å². The highest BCUT2D eigenvalue weighted by molar-refractivity contribution is 5.89. The van der Waals surface area contributed by atoms with Crippen LogP contribution in [0.5, 0.6) is 0 Å². The van der Waals surface area contributed by atoms with Crippen LogP contribution in [0.4, 0.5) is 0 Å². The zero-order valence-electron chi connectivity index (χ0n) is 9.58. The number of hydrogen-bond acceptors (Lipinski definition) is 3. The molecule has 0 radical (unpaired) electrons. The number of likely N-dealkylation sites (N-methyl/N-ethyl adjacent to an activating group) is 1. The summed E-state index contributed by atoms with van der Waals surface area (Å²) in [6, 6.07) is 3.75. The van der Waals surface area contributed by atoms with Crippen LogP contribution in [-0.4, -0.2) is 22.9 Å². The molecule has 0 fully saturated rings. The Morgan fingerprint density at radius 1 is 1.40 bits per heavy atom. The Kier molecular flexibility index (Phi) is 3.97. The quantitative estimate of drug-likeness (QED) is 0.795. The standard InChI is InChI=1S/C12H18N2O/c1-4-14-12(2,3)11(15)9-10-5-7-13-8-6-10/h5-8,14H,4,9H2,1-3H3. The van der Waals surface area contributed by atoms with Crippen LogP contribution in [0.25, 0.3) is 0 Å². The summed E-state index contributed by atoms with van der Waals surface area (Å²) in [6.07, 6.45) is 3.88. The lowest BCUT2D eigenvalue weighted by atomic mass is 9.94. The highest BCUT2D eigenvalue weighted by Crippen LogP contribution is 2.09. The van der Waals surface area contributed by atoms with Crippen molar-refractivity contribution in [2.24, 2.45) is 0 Å². The SMILES string of the molecule is CCNC(C)(C)C(=O)Cc1ccncc1. The summed E-state index contributed by atoms with van der Waals surface area (Å²) in [5.74, 6) is 0.204. The molecular weight excluding hydrogens is 188 g/mol. The second-order valence-electron chi connectivity index (χ2n) is 4.11. The Bertz CT molecular complexity index is 320. The van der Waals surface area contributed by atoms with Gasteiger partial charge in [-0.3, -0.25) is 9.78 Å². The number of nitrogens with one attached hydrogen (secondary N) is 1. The minimum Gasteiger partial charge on any atom is -0.306 e. The third-order valence-electron chi connectivity index (χ3n) is 2.43. The minimum absolute atomic E-state index is 0.204. The molecule has 1 aromatic heterocycles. The Morgan fingerprint density at radius 3 is 2.53 bits per heavy atom. The monoisotopic (exact) mass is 206 g/mol. The average molecular weight is 206 g/mol. The normalized spacial score (nSPS) is 11.4. The minimum atomic E-state index is -0.446. The molecule has 3 nitrogen and oxygen atoms in total. The van der Waals surface area contributed by atoms with E-state index in [0.29, 0.717) is 6.42 Å². The zero-order chi connectivity index (χ0) is 11.3. The van der Waals surface area contributed by atoms with Crippen LogP contribution in [0.15, 0.2) is 24.5 Å². The van der Waals surface area contributed by atoms with Crippen molar-refractivity contribution in [1.29, 1.82) is 0 Å². The predicted octanol–water partition coefficient (Wildman–Crippen LogP) is 1.58. The maximum Gasteiger partial charge on any atom is 0.156 e. The van der Waals surface area contributed by atoms with Crippen molar-refractivity contribution in [2.75, 3.05) is 6.54 Å². The third kappa shape index (κ3) is 3.44. The molecule has 1 rings (SSSR count). The lowest BCUT2D eigenvalue weighted by molar-refractivity contribution is -0.123. The van der Waals surface area contributed by atoms with E-state index >= 15 is 0 Å². The van der Waals surface area contributed by atoms with E-state index in [0.717, 1.165) is 12.1 Å². The lowest BCUT2D eigenvalue weighted by Crippen LogP contribution is -2.47. The van der Waals surface area contributed by atoms with Crippen LogP contribution >= 0.6 is 0 Å². The first kappa shape index (κ1) is 11.9. The van der Waals surface area contributed by atoms with E-state index < -0.39 is 5.54 Å². The van der Waals surface area contributed by atoms with Gasteiger partial charge in [0, 0.05) is 18.8 Å². The van der Waals surface area contributed by atoms with E-state index in [4.69, 9.17) is 0 Å². The molecule has 1 aromatic rings. The summed E-state index contributed by atoms with van der Waals surface area (Å²) in [5.41, 5.74) is 0.568. The zero-order valence-corrected chi connectivity index (χ0v) is 9.58. The number of nitrogens with zero attached hydrogens (tertiary/aromatic N) is 1. The van der Waals surface area contributed by atoms with Crippen LogP contribution in [0.3, 0.4) is 0 Å². The first-order valence-corrected chi connectivity index (χ1v) is 5.23. The van der Waals surface area contributed by atoms with Crippen LogP contribution in [0.1, 0.15) is 26.3 Å². The fourth-order valence-electron chi connectivity index (χ4n) is 1.45. The third-order valence-corrected chi connectivity index (χ3v) is 2.43. The van der Waals surface area contributed by atoms with Gasteiger partial charge in [0.25, 0.3) is 0 Å². The topological polar surface area (TPSA) is 42.0 Å². The molecule has 0 aliphatic heterocycles. The first-order valence-electron chi connectivity index (χ1n) is 5.23. The van der Waals surface area contributed by atoms with Crippen molar-refractivity contribution < 1.29 is 4.79 Å². The molecule has 0 aliphatic carbocycles. The fourth-order valence-corrected chi connectivity index (χ4v) is 1.45. The van der Waals surface area contributed by atoms with E-state index in [2.05, 4.69) is 10.3 Å². The van der Waals surface area contributed by atoms with Gasteiger partial charge in [-0.05, 0) is 38.1 Å². The van der Waals surface area contributed by atoms with E-state index in [1.807, 2.05) is 32.9 Å². The summed E-state index contributed by atoms with van der Waals surface area (Å²) in [5, 5.41) is 3.18. The molecule has 0 amide bonds. The van der Waals surface area contributed by atoms with Crippen LogP contribution in [0, 0.1) is 0 Å². The fraction of sp³-hybridized carbons (Fsp3) is 0.500. The van der Waals surface area contributed by atoms with Crippen molar-refractivity contribution in [1.82, 2.24) is 10.3 Å². The van der Waals surface area contributed by atoms with Crippen molar-refractivity contribution in [2.45, 2.75) is 32.7 Å². The van der Waals surface area contributed by atoms with Crippen LogP contribution < -0.4 is 5.32 Å². The number of aromatic nitrogens is 1. The number of ketones is 1. The summed E-state index contributed by atoms with van der Waals surface area (Å²) in [4.78, 5) is 15.9. The van der Waals surface area contributed by atoms with Crippen molar-refractivity contribution in [3.63, 3.8) is 0 Å². The highest BCUT2D eigenvalue weighted by Gasteiger charge is 2.25. The number of carbonyl (C=O) groups excluding carboxylic acids is 1. The Hall–Kier alpha value is -1.22. The average Bonchev–Trinajstić information content (AvgIpc) is 2.19. The summed E-state index contributed by atoms with van der Waals surface area (Å²) in [6.45, 7) is 6.64. The van der Waals surface area contributed by atoms with Gasteiger partial charge in [0.2, 0.25) is 0 Å². The van der Waals surface area contributed by atoms with Crippen molar-refractivity contribution in [3.05, 3.63) is 30.1 Å².